The number of aryl methyl sites for hydroxylation is 1. The highest BCUT2D eigenvalue weighted by atomic mass is 19.4. The zero-order chi connectivity index (χ0) is 22.6. The Hall–Kier alpha value is -3.62. The zero-order valence-electron chi connectivity index (χ0n) is 17.1. The van der Waals surface area contributed by atoms with Crippen LogP contribution < -0.4 is 14.8 Å². The van der Waals surface area contributed by atoms with Crippen molar-refractivity contribution in [2.24, 2.45) is 0 Å². The molecule has 0 radical (unpaired) electrons. The summed E-state index contributed by atoms with van der Waals surface area (Å²) in [6.07, 6.45) is -3.06. The molecule has 1 aromatic heterocycles. The Morgan fingerprint density at radius 2 is 1.77 bits per heavy atom. The van der Waals surface area contributed by atoms with Crippen LogP contribution in [0.25, 0.3) is 11.4 Å². The number of amides is 1. The Kier molecular flexibility index (Phi) is 6.43. The van der Waals surface area contributed by atoms with E-state index in [4.69, 9.17) is 9.47 Å². The number of carbonyl (C=O) groups is 1. The van der Waals surface area contributed by atoms with Crippen LogP contribution in [0.1, 0.15) is 27.2 Å². The Morgan fingerprint density at radius 3 is 2.35 bits per heavy atom. The summed E-state index contributed by atoms with van der Waals surface area (Å²) in [7, 11) is 3.08. The van der Waals surface area contributed by atoms with Crippen molar-refractivity contribution in [1.29, 1.82) is 0 Å². The van der Waals surface area contributed by atoms with Crippen LogP contribution in [0.2, 0.25) is 0 Å². The highest BCUT2D eigenvalue weighted by Gasteiger charge is 2.30. The van der Waals surface area contributed by atoms with Gasteiger partial charge < -0.3 is 14.8 Å². The molecule has 0 saturated heterocycles. The van der Waals surface area contributed by atoms with E-state index < -0.39 is 11.7 Å². The largest absolute Gasteiger partial charge is 0.497 e. The fourth-order valence-electron chi connectivity index (χ4n) is 2.93. The number of alkyl halides is 3. The van der Waals surface area contributed by atoms with Gasteiger partial charge in [-0.25, -0.2) is 9.97 Å². The lowest BCUT2D eigenvalue weighted by atomic mass is 10.1. The molecule has 31 heavy (non-hydrogen) atoms. The van der Waals surface area contributed by atoms with Gasteiger partial charge in [-0.05, 0) is 37.3 Å². The standard InChI is InChI=1S/C22H20F3N3O3/c1-13-18(21(29)27-11-15-10-17(30-2)8-9-19(15)31-3)12-26-20(28-13)14-4-6-16(7-5-14)22(23,24)25/h4-10,12H,11H2,1-3H3,(H,27,29). The second-order valence-electron chi connectivity index (χ2n) is 6.63. The number of rotatable bonds is 6. The highest BCUT2D eigenvalue weighted by molar-refractivity contribution is 5.95. The summed E-state index contributed by atoms with van der Waals surface area (Å²) in [5.74, 6) is 1.08. The first kappa shape index (κ1) is 22.1. The van der Waals surface area contributed by atoms with E-state index in [1.165, 1.54) is 25.4 Å². The summed E-state index contributed by atoms with van der Waals surface area (Å²) in [5, 5.41) is 2.79. The van der Waals surface area contributed by atoms with Gasteiger partial charge in [0.25, 0.3) is 5.91 Å². The molecule has 6 nitrogen and oxygen atoms in total. The lowest BCUT2D eigenvalue weighted by molar-refractivity contribution is -0.137. The van der Waals surface area contributed by atoms with Crippen LogP contribution in [-0.2, 0) is 12.7 Å². The van der Waals surface area contributed by atoms with E-state index >= 15 is 0 Å². The molecule has 1 N–H and O–H groups in total. The van der Waals surface area contributed by atoms with E-state index in [1.807, 2.05) is 0 Å². The molecule has 2 aromatic carbocycles. The molecule has 1 heterocycles. The quantitative estimate of drug-likeness (QED) is 0.626. The van der Waals surface area contributed by atoms with Gasteiger partial charge in [-0.2, -0.15) is 13.2 Å². The normalized spacial score (nSPS) is 11.2. The topological polar surface area (TPSA) is 73.3 Å². The third-order valence-electron chi connectivity index (χ3n) is 4.62. The minimum absolute atomic E-state index is 0.194. The summed E-state index contributed by atoms with van der Waals surface area (Å²) in [6.45, 7) is 1.83. The Morgan fingerprint density at radius 1 is 1.06 bits per heavy atom. The summed E-state index contributed by atoms with van der Waals surface area (Å²) < 4.78 is 48.7. The van der Waals surface area contributed by atoms with Crippen molar-refractivity contribution in [3.8, 4) is 22.9 Å². The first-order valence-electron chi connectivity index (χ1n) is 9.23. The highest BCUT2D eigenvalue weighted by Crippen LogP contribution is 2.30. The lowest BCUT2D eigenvalue weighted by Gasteiger charge is -2.12. The second kappa shape index (κ2) is 9.03. The number of nitrogens with one attached hydrogen (secondary N) is 1. The number of benzene rings is 2. The molecule has 3 rings (SSSR count). The molecule has 0 atom stereocenters. The van der Waals surface area contributed by atoms with Gasteiger partial charge in [0.2, 0.25) is 0 Å². The van der Waals surface area contributed by atoms with E-state index in [-0.39, 0.29) is 23.8 Å². The van der Waals surface area contributed by atoms with Gasteiger partial charge in [0.1, 0.15) is 11.5 Å². The molecule has 0 spiro atoms. The van der Waals surface area contributed by atoms with Crippen LogP contribution in [-0.4, -0.2) is 30.1 Å². The van der Waals surface area contributed by atoms with Crippen LogP contribution >= 0.6 is 0 Å². The summed E-state index contributed by atoms with van der Waals surface area (Å²) in [6, 6.07) is 9.79. The average molecular weight is 431 g/mol. The van der Waals surface area contributed by atoms with Crippen LogP contribution in [0.4, 0.5) is 13.2 Å². The number of halogens is 3. The second-order valence-corrected chi connectivity index (χ2v) is 6.63. The molecule has 3 aromatic rings. The summed E-state index contributed by atoms with van der Waals surface area (Å²) >= 11 is 0. The molecule has 0 aliphatic carbocycles. The monoisotopic (exact) mass is 431 g/mol. The Labute approximate surface area is 177 Å². The van der Waals surface area contributed by atoms with Crippen LogP contribution in [0.5, 0.6) is 11.5 Å². The van der Waals surface area contributed by atoms with E-state index in [0.29, 0.717) is 22.8 Å². The number of nitrogens with zero attached hydrogens (tertiary/aromatic N) is 2. The zero-order valence-corrected chi connectivity index (χ0v) is 17.1. The van der Waals surface area contributed by atoms with Crippen molar-refractivity contribution in [3.05, 3.63) is 71.0 Å². The van der Waals surface area contributed by atoms with Crippen molar-refractivity contribution < 1.29 is 27.4 Å². The maximum atomic E-state index is 12.7. The molecule has 0 fully saturated rings. The van der Waals surface area contributed by atoms with Gasteiger partial charge in [-0.1, -0.05) is 12.1 Å². The predicted octanol–water partition coefficient (Wildman–Crippen LogP) is 4.42. The molecule has 9 heteroatoms. The first-order chi connectivity index (χ1) is 14.7. The number of hydrogen-bond donors (Lipinski definition) is 1. The molecule has 0 aliphatic rings. The van der Waals surface area contributed by atoms with Crippen LogP contribution in [0.15, 0.2) is 48.7 Å². The summed E-state index contributed by atoms with van der Waals surface area (Å²) in [4.78, 5) is 21.0. The van der Waals surface area contributed by atoms with Gasteiger partial charge in [0.05, 0.1) is 31.0 Å². The number of methoxy groups -OCH3 is 2. The number of aromatic nitrogens is 2. The van der Waals surface area contributed by atoms with Crippen molar-refractivity contribution in [1.82, 2.24) is 15.3 Å². The van der Waals surface area contributed by atoms with Crippen molar-refractivity contribution in [3.63, 3.8) is 0 Å². The molecule has 0 unspecified atom stereocenters. The number of carbonyl (C=O) groups excluding carboxylic acids is 1. The van der Waals surface area contributed by atoms with Crippen molar-refractivity contribution in [2.75, 3.05) is 14.2 Å². The fraction of sp³-hybridized carbons (Fsp3) is 0.227. The molecular formula is C22H20F3N3O3. The summed E-state index contributed by atoms with van der Waals surface area (Å²) in [5.41, 5.74) is 1.06. The van der Waals surface area contributed by atoms with Gasteiger partial charge >= 0.3 is 6.18 Å². The SMILES string of the molecule is COc1ccc(OC)c(CNC(=O)c2cnc(-c3ccc(C(F)(F)F)cc3)nc2C)c1. The van der Waals surface area contributed by atoms with Crippen molar-refractivity contribution in [2.45, 2.75) is 19.6 Å². The van der Waals surface area contributed by atoms with Crippen LogP contribution in [0.3, 0.4) is 0 Å². The van der Waals surface area contributed by atoms with E-state index in [2.05, 4.69) is 15.3 Å². The van der Waals surface area contributed by atoms with E-state index in [1.54, 1.807) is 32.2 Å². The molecule has 162 valence electrons. The van der Waals surface area contributed by atoms with Crippen molar-refractivity contribution >= 4 is 5.91 Å². The smallest absolute Gasteiger partial charge is 0.416 e. The number of ether oxygens (including phenoxy) is 2. The lowest BCUT2D eigenvalue weighted by Crippen LogP contribution is -2.24. The minimum atomic E-state index is -4.41. The Balaban J connectivity index is 1.75. The molecular weight excluding hydrogens is 411 g/mol. The Bertz CT molecular complexity index is 1080. The maximum absolute atomic E-state index is 12.7. The van der Waals surface area contributed by atoms with Crippen LogP contribution in [0, 0.1) is 6.92 Å². The van der Waals surface area contributed by atoms with Gasteiger partial charge in [0.15, 0.2) is 5.82 Å². The third kappa shape index (κ3) is 5.11. The first-order valence-corrected chi connectivity index (χ1v) is 9.23. The fourth-order valence-corrected chi connectivity index (χ4v) is 2.93. The predicted molar refractivity (Wildman–Crippen MR) is 108 cm³/mol. The maximum Gasteiger partial charge on any atom is 0.416 e. The molecule has 0 saturated carbocycles. The van der Waals surface area contributed by atoms with Gasteiger partial charge in [0, 0.05) is 23.9 Å². The third-order valence-corrected chi connectivity index (χ3v) is 4.62. The molecule has 0 bridgehead atoms. The van der Waals surface area contributed by atoms with Gasteiger partial charge in [-0.3, -0.25) is 4.79 Å². The minimum Gasteiger partial charge on any atom is -0.497 e. The average Bonchev–Trinajstić information content (AvgIpc) is 2.76. The molecule has 1 amide bonds. The van der Waals surface area contributed by atoms with E-state index in [9.17, 15) is 18.0 Å². The number of hydrogen-bond acceptors (Lipinski definition) is 5. The molecule has 0 aliphatic heterocycles. The van der Waals surface area contributed by atoms with E-state index in [0.717, 1.165) is 17.7 Å². The van der Waals surface area contributed by atoms with Gasteiger partial charge in [-0.15, -0.1) is 0 Å².